The van der Waals surface area contributed by atoms with Gasteiger partial charge in [0.25, 0.3) is 15.9 Å². The topological polar surface area (TPSA) is 75.3 Å². The SMILES string of the molecule is Cc1ccc(NS(=O)(=O)c2ccc(Cl)c(C(=O)NC3CC3)c2)cc1Cl. The van der Waals surface area contributed by atoms with Gasteiger partial charge in [0.05, 0.1) is 21.2 Å². The van der Waals surface area contributed by atoms with Crippen LogP contribution < -0.4 is 10.0 Å². The van der Waals surface area contributed by atoms with Crippen LogP contribution in [-0.2, 0) is 10.0 Å². The summed E-state index contributed by atoms with van der Waals surface area (Å²) < 4.78 is 27.6. The molecule has 0 heterocycles. The Kier molecular flexibility index (Phi) is 4.95. The summed E-state index contributed by atoms with van der Waals surface area (Å²) in [6.45, 7) is 1.82. The van der Waals surface area contributed by atoms with Gasteiger partial charge in [-0.2, -0.15) is 0 Å². The van der Waals surface area contributed by atoms with Gasteiger partial charge in [-0.1, -0.05) is 29.3 Å². The zero-order valence-corrected chi connectivity index (χ0v) is 15.7. The molecular weight excluding hydrogens is 383 g/mol. The molecule has 2 N–H and O–H groups in total. The average Bonchev–Trinajstić information content (AvgIpc) is 3.34. The molecule has 1 aliphatic carbocycles. The molecule has 0 spiro atoms. The van der Waals surface area contributed by atoms with E-state index in [4.69, 9.17) is 23.2 Å². The van der Waals surface area contributed by atoms with Gasteiger partial charge in [-0.15, -0.1) is 0 Å². The fraction of sp³-hybridized carbons (Fsp3) is 0.235. The quantitative estimate of drug-likeness (QED) is 0.798. The van der Waals surface area contributed by atoms with E-state index >= 15 is 0 Å². The monoisotopic (exact) mass is 398 g/mol. The van der Waals surface area contributed by atoms with Gasteiger partial charge in [0, 0.05) is 11.1 Å². The third-order valence-corrected chi connectivity index (χ3v) is 5.95. The van der Waals surface area contributed by atoms with E-state index in [0.29, 0.717) is 10.7 Å². The summed E-state index contributed by atoms with van der Waals surface area (Å²) in [6.07, 6.45) is 1.86. The Labute approximate surface area is 156 Å². The standard InChI is InChI=1S/C17H16Cl2N2O3S/c1-10-2-3-12(8-16(10)19)21-25(23,24)13-6-7-15(18)14(9-13)17(22)20-11-4-5-11/h2-3,6-9,11,21H,4-5H2,1H3,(H,20,22). The first-order valence-electron chi connectivity index (χ1n) is 7.65. The van der Waals surface area contributed by atoms with Crippen LogP contribution >= 0.6 is 23.2 Å². The van der Waals surface area contributed by atoms with Crippen molar-refractivity contribution >= 4 is 44.8 Å². The van der Waals surface area contributed by atoms with Crippen LogP contribution in [0.5, 0.6) is 0 Å². The van der Waals surface area contributed by atoms with Crippen molar-refractivity contribution in [3.8, 4) is 0 Å². The van der Waals surface area contributed by atoms with E-state index in [2.05, 4.69) is 10.0 Å². The van der Waals surface area contributed by atoms with E-state index in [-0.39, 0.29) is 27.4 Å². The summed E-state index contributed by atoms with van der Waals surface area (Å²) in [5.74, 6) is -0.372. The lowest BCUT2D eigenvalue weighted by Crippen LogP contribution is -2.26. The molecule has 0 radical (unpaired) electrons. The Morgan fingerprint density at radius 1 is 1.08 bits per heavy atom. The number of amides is 1. The number of nitrogens with one attached hydrogen (secondary N) is 2. The van der Waals surface area contributed by atoms with E-state index in [1.165, 1.54) is 24.3 Å². The number of anilines is 1. The molecule has 1 aliphatic rings. The van der Waals surface area contributed by atoms with Gasteiger partial charge in [0.15, 0.2) is 0 Å². The smallest absolute Gasteiger partial charge is 0.261 e. The lowest BCUT2D eigenvalue weighted by molar-refractivity contribution is 0.0951. The zero-order valence-electron chi connectivity index (χ0n) is 13.3. The van der Waals surface area contributed by atoms with Gasteiger partial charge in [-0.25, -0.2) is 8.42 Å². The minimum Gasteiger partial charge on any atom is -0.349 e. The Morgan fingerprint density at radius 2 is 1.80 bits per heavy atom. The van der Waals surface area contributed by atoms with Gasteiger partial charge in [-0.05, 0) is 55.7 Å². The maximum atomic E-state index is 12.6. The normalized spacial score (nSPS) is 14.2. The summed E-state index contributed by atoms with van der Waals surface area (Å²) in [5, 5.41) is 3.46. The van der Waals surface area contributed by atoms with Crippen molar-refractivity contribution in [1.82, 2.24) is 5.32 Å². The predicted molar refractivity (Wildman–Crippen MR) is 98.9 cm³/mol. The van der Waals surface area contributed by atoms with E-state index in [0.717, 1.165) is 18.4 Å². The van der Waals surface area contributed by atoms with Crippen LogP contribution in [0.4, 0.5) is 5.69 Å². The molecule has 1 fully saturated rings. The van der Waals surface area contributed by atoms with Gasteiger partial charge in [-0.3, -0.25) is 9.52 Å². The van der Waals surface area contributed by atoms with E-state index in [1.54, 1.807) is 12.1 Å². The number of sulfonamides is 1. The molecule has 1 saturated carbocycles. The Hall–Kier alpha value is -1.76. The summed E-state index contributed by atoms with van der Waals surface area (Å²) in [5.41, 5.74) is 1.32. The van der Waals surface area contributed by atoms with Crippen LogP contribution in [0.25, 0.3) is 0 Å². The molecule has 3 rings (SSSR count). The Bertz CT molecular complexity index is 941. The van der Waals surface area contributed by atoms with Crippen molar-refractivity contribution in [2.24, 2.45) is 0 Å². The van der Waals surface area contributed by atoms with Gasteiger partial charge in [0.2, 0.25) is 0 Å². The summed E-state index contributed by atoms with van der Waals surface area (Å²) >= 11 is 12.1. The molecule has 1 amide bonds. The highest BCUT2D eigenvalue weighted by molar-refractivity contribution is 7.92. The highest BCUT2D eigenvalue weighted by Gasteiger charge is 2.26. The minimum atomic E-state index is -3.88. The van der Waals surface area contributed by atoms with Crippen LogP contribution in [0, 0.1) is 6.92 Å². The van der Waals surface area contributed by atoms with Crippen LogP contribution in [0.3, 0.4) is 0 Å². The predicted octanol–water partition coefficient (Wildman–Crippen LogP) is 3.99. The molecule has 0 unspecified atom stereocenters. The third-order valence-electron chi connectivity index (χ3n) is 3.83. The van der Waals surface area contributed by atoms with Crippen LogP contribution in [0.15, 0.2) is 41.3 Å². The molecule has 2 aromatic carbocycles. The Morgan fingerprint density at radius 3 is 2.44 bits per heavy atom. The molecule has 0 saturated heterocycles. The second-order valence-electron chi connectivity index (χ2n) is 5.96. The van der Waals surface area contributed by atoms with Crippen molar-refractivity contribution in [3.05, 3.63) is 57.6 Å². The number of benzene rings is 2. The fourth-order valence-electron chi connectivity index (χ4n) is 2.21. The van der Waals surface area contributed by atoms with Crippen molar-refractivity contribution in [2.75, 3.05) is 4.72 Å². The molecule has 0 aliphatic heterocycles. The highest BCUT2D eigenvalue weighted by atomic mass is 35.5. The van der Waals surface area contributed by atoms with Crippen LogP contribution in [0.2, 0.25) is 10.0 Å². The summed E-state index contributed by atoms with van der Waals surface area (Å²) in [4.78, 5) is 12.2. The fourth-order valence-corrected chi connectivity index (χ4v) is 3.67. The second kappa shape index (κ2) is 6.86. The maximum Gasteiger partial charge on any atom is 0.261 e. The number of rotatable bonds is 5. The molecule has 5 nitrogen and oxygen atoms in total. The molecule has 0 aromatic heterocycles. The first-order chi connectivity index (χ1) is 11.8. The number of carbonyl (C=O) groups is 1. The molecule has 0 atom stereocenters. The number of carbonyl (C=O) groups excluding carboxylic acids is 1. The van der Waals surface area contributed by atoms with E-state index < -0.39 is 10.0 Å². The average molecular weight is 399 g/mol. The molecule has 0 bridgehead atoms. The second-order valence-corrected chi connectivity index (χ2v) is 8.46. The molecule has 2 aromatic rings. The number of hydrogen-bond donors (Lipinski definition) is 2. The van der Waals surface area contributed by atoms with Gasteiger partial charge >= 0.3 is 0 Å². The highest BCUT2D eigenvalue weighted by Crippen LogP contribution is 2.26. The number of halogens is 2. The van der Waals surface area contributed by atoms with Gasteiger partial charge in [0.1, 0.15) is 0 Å². The first-order valence-corrected chi connectivity index (χ1v) is 9.89. The number of hydrogen-bond acceptors (Lipinski definition) is 3. The van der Waals surface area contributed by atoms with Gasteiger partial charge < -0.3 is 5.32 Å². The molecule has 25 heavy (non-hydrogen) atoms. The van der Waals surface area contributed by atoms with E-state index in [9.17, 15) is 13.2 Å². The van der Waals surface area contributed by atoms with Crippen LogP contribution in [-0.4, -0.2) is 20.4 Å². The lowest BCUT2D eigenvalue weighted by Gasteiger charge is -2.11. The zero-order chi connectivity index (χ0) is 18.2. The van der Waals surface area contributed by atoms with E-state index in [1.807, 2.05) is 6.92 Å². The molecular formula is C17H16Cl2N2O3S. The van der Waals surface area contributed by atoms with Crippen molar-refractivity contribution in [3.63, 3.8) is 0 Å². The molecule has 8 heteroatoms. The van der Waals surface area contributed by atoms with Crippen LogP contribution in [0.1, 0.15) is 28.8 Å². The van der Waals surface area contributed by atoms with Crippen molar-refractivity contribution in [2.45, 2.75) is 30.7 Å². The molecule has 132 valence electrons. The summed E-state index contributed by atoms with van der Waals surface area (Å²) in [6, 6.07) is 9.06. The first kappa shape index (κ1) is 18.0. The Balaban J connectivity index is 1.88. The summed E-state index contributed by atoms with van der Waals surface area (Å²) in [7, 11) is -3.88. The lowest BCUT2D eigenvalue weighted by atomic mass is 10.2. The minimum absolute atomic E-state index is 0.0467. The number of aryl methyl sites for hydroxylation is 1. The maximum absolute atomic E-state index is 12.6. The largest absolute Gasteiger partial charge is 0.349 e. The van der Waals surface area contributed by atoms with Crippen molar-refractivity contribution < 1.29 is 13.2 Å². The third kappa shape index (κ3) is 4.26. The van der Waals surface area contributed by atoms with Crippen molar-refractivity contribution in [1.29, 1.82) is 0 Å².